The van der Waals surface area contributed by atoms with Gasteiger partial charge in [-0.15, -0.1) is 10.2 Å². The average molecular weight is 452 g/mol. The zero-order chi connectivity index (χ0) is 16.5. The van der Waals surface area contributed by atoms with Crippen LogP contribution in [0.2, 0.25) is 0 Å². The SMILES string of the molecule is CCSc1nnc2c(n1)O[C@H](c1ccc(I)o1)Nc1ccccc1-2. The second kappa shape index (κ2) is 6.60. The summed E-state index contributed by atoms with van der Waals surface area (Å²) in [6.07, 6.45) is -0.480. The van der Waals surface area contributed by atoms with E-state index in [1.807, 2.05) is 43.3 Å². The third-order valence-corrected chi connectivity index (χ3v) is 4.76. The van der Waals surface area contributed by atoms with Crippen LogP contribution in [-0.2, 0) is 0 Å². The molecule has 2 aromatic heterocycles. The molecule has 0 aliphatic carbocycles. The Morgan fingerprint density at radius 1 is 1.21 bits per heavy atom. The molecule has 122 valence electrons. The molecule has 1 atom stereocenters. The van der Waals surface area contributed by atoms with Gasteiger partial charge in [0.25, 0.3) is 0 Å². The van der Waals surface area contributed by atoms with E-state index in [0.717, 1.165) is 20.8 Å². The molecule has 0 bridgehead atoms. The highest BCUT2D eigenvalue weighted by atomic mass is 127. The number of ether oxygens (including phenoxy) is 1. The largest absolute Gasteiger partial charge is 0.449 e. The number of fused-ring (bicyclic) bond motifs is 3. The first-order chi connectivity index (χ1) is 11.7. The fourth-order valence-corrected chi connectivity index (χ4v) is 3.37. The molecule has 0 radical (unpaired) electrons. The number of nitrogens with one attached hydrogen (secondary N) is 1. The average Bonchev–Trinajstić information content (AvgIpc) is 2.95. The second-order valence-corrected chi connectivity index (χ2v) is 7.31. The minimum atomic E-state index is -0.480. The topological polar surface area (TPSA) is 73.1 Å². The van der Waals surface area contributed by atoms with Crippen molar-refractivity contribution in [3.8, 4) is 17.1 Å². The Labute approximate surface area is 156 Å². The lowest BCUT2D eigenvalue weighted by atomic mass is 10.1. The van der Waals surface area contributed by atoms with Crippen LogP contribution in [0, 0.1) is 3.77 Å². The molecule has 4 rings (SSSR count). The Morgan fingerprint density at radius 2 is 2.08 bits per heavy atom. The highest BCUT2D eigenvalue weighted by Crippen LogP contribution is 2.39. The van der Waals surface area contributed by atoms with Crippen LogP contribution in [-0.4, -0.2) is 20.9 Å². The van der Waals surface area contributed by atoms with Crippen molar-refractivity contribution in [2.24, 2.45) is 0 Å². The first-order valence-corrected chi connectivity index (χ1v) is 9.46. The molecular weight excluding hydrogens is 439 g/mol. The van der Waals surface area contributed by atoms with Gasteiger partial charge >= 0.3 is 0 Å². The normalized spacial score (nSPS) is 15.7. The van der Waals surface area contributed by atoms with E-state index in [4.69, 9.17) is 9.15 Å². The van der Waals surface area contributed by atoms with Crippen molar-refractivity contribution in [1.82, 2.24) is 15.2 Å². The zero-order valence-electron chi connectivity index (χ0n) is 12.7. The van der Waals surface area contributed by atoms with E-state index in [1.165, 1.54) is 11.8 Å². The summed E-state index contributed by atoms with van der Waals surface area (Å²) in [4.78, 5) is 4.53. The van der Waals surface area contributed by atoms with E-state index < -0.39 is 6.23 Å². The summed E-state index contributed by atoms with van der Waals surface area (Å²) in [7, 11) is 0. The lowest BCUT2D eigenvalue weighted by Gasteiger charge is -2.16. The Morgan fingerprint density at radius 3 is 2.88 bits per heavy atom. The maximum atomic E-state index is 6.09. The van der Waals surface area contributed by atoms with Crippen molar-refractivity contribution in [3.63, 3.8) is 0 Å². The molecule has 0 fully saturated rings. The van der Waals surface area contributed by atoms with Crippen LogP contribution in [0.1, 0.15) is 18.9 Å². The first kappa shape index (κ1) is 15.7. The monoisotopic (exact) mass is 452 g/mol. The van der Waals surface area contributed by atoms with E-state index in [2.05, 4.69) is 43.1 Å². The third-order valence-electron chi connectivity index (χ3n) is 3.46. The van der Waals surface area contributed by atoms with Gasteiger partial charge < -0.3 is 14.5 Å². The molecule has 24 heavy (non-hydrogen) atoms. The number of benzene rings is 1. The summed E-state index contributed by atoms with van der Waals surface area (Å²) in [6, 6.07) is 11.7. The molecule has 0 saturated carbocycles. The number of nitrogens with zero attached hydrogens (tertiary/aromatic N) is 3. The lowest BCUT2D eigenvalue weighted by molar-refractivity contribution is 0.193. The highest BCUT2D eigenvalue weighted by molar-refractivity contribution is 14.1. The molecule has 8 heteroatoms. The Bertz CT molecular complexity index is 886. The summed E-state index contributed by atoms with van der Waals surface area (Å²) >= 11 is 3.66. The van der Waals surface area contributed by atoms with Crippen molar-refractivity contribution in [2.45, 2.75) is 18.3 Å². The third kappa shape index (κ3) is 2.95. The lowest BCUT2D eigenvalue weighted by Crippen LogP contribution is -2.16. The summed E-state index contributed by atoms with van der Waals surface area (Å²) < 4.78 is 12.6. The summed E-state index contributed by atoms with van der Waals surface area (Å²) in [5.41, 5.74) is 2.44. The van der Waals surface area contributed by atoms with Gasteiger partial charge in [0.1, 0.15) is 0 Å². The van der Waals surface area contributed by atoms with Gasteiger partial charge in [-0.05, 0) is 46.5 Å². The number of thioether (sulfide) groups is 1. The first-order valence-electron chi connectivity index (χ1n) is 7.40. The van der Waals surface area contributed by atoms with E-state index in [-0.39, 0.29) is 0 Å². The number of furan rings is 1. The fraction of sp³-hybridized carbons (Fsp3) is 0.188. The molecule has 3 aromatic rings. The van der Waals surface area contributed by atoms with Crippen molar-refractivity contribution in [3.05, 3.63) is 45.9 Å². The smallest absolute Gasteiger partial charge is 0.247 e. The van der Waals surface area contributed by atoms with Crippen LogP contribution in [0.25, 0.3) is 11.3 Å². The van der Waals surface area contributed by atoms with Gasteiger partial charge in [-0.1, -0.05) is 36.9 Å². The van der Waals surface area contributed by atoms with Gasteiger partial charge in [-0.25, -0.2) is 0 Å². The number of para-hydroxylation sites is 1. The summed E-state index contributed by atoms with van der Waals surface area (Å²) in [5, 5.41) is 12.5. The van der Waals surface area contributed by atoms with Crippen molar-refractivity contribution in [1.29, 1.82) is 0 Å². The van der Waals surface area contributed by atoms with E-state index in [0.29, 0.717) is 22.5 Å². The van der Waals surface area contributed by atoms with Gasteiger partial charge in [0, 0.05) is 11.3 Å². The zero-order valence-corrected chi connectivity index (χ0v) is 15.7. The molecular formula is C16H13IN4O2S. The van der Waals surface area contributed by atoms with Crippen LogP contribution in [0.3, 0.4) is 0 Å². The Hall–Kier alpha value is -1.81. The van der Waals surface area contributed by atoms with Crippen LogP contribution < -0.4 is 10.1 Å². The van der Waals surface area contributed by atoms with Crippen molar-refractivity contribution in [2.75, 3.05) is 11.1 Å². The summed E-state index contributed by atoms with van der Waals surface area (Å²) in [5.74, 6) is 2.01. The molecule has 1 aliphatic rings. The van der Waals surface area contributed by atoms with Crippen LogP contribution >= 0.6 is 34.4 Å². The number of halogens is 1. The molecule has 6 nitrogen and oxygen atoms in total. The standard InChI is InChI=1S/C16H13IN4O2S/c1-2-24-16-19-15-13(20-21-16)9-5-3-4-6-10(9)18-14(23-15)11-7-8-12(17)22-11/h3-8,14,18H,2H2,1H3/t14-/m1/s1. The van der Waals surface area contributed by atoms with Crippen LogP contribution in [0.5, 0.6) is 5.88 Å². The Balaban J connectivity index is 1.83. The molecule has 0 amide bonds. The maximum Gasteiger partial charge on any atom is 0.247 e. The molecule has 1 aliphatic heterocycles. The van der Waals surface area contributed by atoms with Crippen molar-refractivity contribution < 1.29 is 9.15 Å². The van der Waals surface area contributed by atoms with Gasteiger partial charge in [0.2, 0.25) is 17.3 Å². The quantitative estimate of drug-likeness (QED) is 0.468. The highest BCUT2D eigenvalue weighted by Gasteiger charge is 2.27. The predicted octanol–water partition coefficient (Wildman–Crippen LogP) is 4.35. The minimum absolute atomic E-state index is 0.454. The molecule has 0 spiro atoms. The predicted molar refractivity (Wildman–Crippen MR) is 100 cm³/mol. The van der Waals surface area contributed by atoms with E-state index >= 15 is 0 Å². The van der Waals surface area contributed by atoms with Gasteiger partial charge in [0.05, 0.1) is 0 Å². The maximum absolute atomic E-state index is 6.09. The van der Waals surface area contributed by atoms with Crippen LogP contribution in [0.4, 0.5) is 5.69 Å². The number of hydrogen-bond acceptors (Lipinski definition) is 7. The molecule has 1 N–H and O–H groups in total. The molecule has 3 heterocycles. The van der Waals surface area contributed by atoms with E-state index in [1.54, 1.807) is 0 Å². The van der Waals surface area contributed by atoms with Gasteiger partial charge in [-0.2, -0.15) is 4.98 Å². The Kier molecular flexibility index (Phi) is 4.31. The number of rotatable bonds is 3. The second-order valence-electron chi connectivity index (χ2n) is 5.01. The fourth-order valence-electron chi connectivity index (χ4n) is 2.44. The van der Waals surface area contributed by atoms with Gasteiger partial charge in [-0.3, -0.25) is 0 Å². The molecule has 0 saturated heterocycles. The van der Waals surface area contributed by atoms with E-state index in [9.17, 15) is 0 Å². The number of anilines is 1. The summed E-state index contributed by atoms with van der Waals surface area (Å²) in [6.45, 7) is 2.05. The van der Waals surface area contributed by atoms with Crippen molar-refractivity contribution >= 4 is 40.0 Å². The molecule has 1 aromatic carbocycles. The minimum Gasteiger partial charge on any atom is -0.449 e. The number of hydrogen-bond donors (Lipinski definition) is 1. The van der Waals surface area contributed by atoms with Crippen LogP contribution in [0.15, 0.2) is 46.0 Å². The number of aromatic nitrogens is 3. The van der Waals surface area contributed by atoms with Gasteiger partial charge in [0.15, 0.2) is 15.2 Å². The molecule has 0 unspecified atom stereocenters.